The van der Waals surface area contributed by atoms with E-state index in [9.17, 15) is 10.2 Å². The standard InChI is InChI=1S/C22H30N4O3S/c1-6-9-25(4)17-10-14(7-8-20(17)29-5)26-21(23-24-22(26)30)16-11-15(13(2)3)18(27)12-19(16)28/h7-8,10-13,22,24,27-28,30H,6,9H2,1-5H3. The Morgan fingerprint density at radius 2 is 1.97 bits per heavy atom. The summed E-state index contributed by atoms with van der Waals surface area (Å²) in [6.45, 7) is 7.00. The van der Waals surface area contributed by atoms with Crippen LogP contribution in [0.4, 0.5) is 11.4 Å². The maximum Gasteiger partial charge on any atom is 0.166 e. The number of rotatable bonds is 7. The van der Waals surface area contributed by atoms with Gasteiger partial charge in [-0.25, -0.2) is 0 Å². The van der Waals surface area contributed by atoms with Crippen molar-refractivity contribution in [3.8, 4) is 17.2 Å². The first-order chi connectivity index (χ1) is 14.3. The molecule has 0 spiro atoms. The highest BCUT2D eigenvalue weighted by molar-refractivity contribution is 7.81. The van der Waals surface area contributed by atoms with E-state index in [1.807, 2.05) is 44.0 Å². The molecule has 0 bridgehead atoms. The molecule has 1 aliphatic rings. The van der Waals surface area contributed by atoms with E-state index in [1.165, 1.54) is 6.07 Å². The van der Waals surface area contributed by atoms with Gasteiger partial charge in [-0.15, -0.1) is 12.6 Å². The molecule has 0 aliphatic carbocycles. The molecular formula is C22H30N4O3S. The van der Waals surface area contributed by atoms with Crippen LogP contribution < -0.4 is 20.0 Å². The van der Waals surface area contributed by atoms with Gasteiger partial charge in [-0.2, -0.15) is 5.10 Å². The zero-order valence-corrected chi connectivity index (χ0v) is 18.9. The van der Waals surface area contributed by atoms with E-state index in [-0.39, 0.29) is 17.4 Å². The van der Waals surface area contributed by atoms with Crippen LogP contribution in [0.1, 0.15) is 44.2 Å². The monoisotopic (exact) mass is 430 g/mol. The predicted octanol–water partition coefficient (Wildman–Crippen LogP) is 4.06. The summed E-state index contributed by atoms with van der Waals surface area (Å²) in [7, 11) is 3.69. The van der Waals surface area contributed by atoms with Gasteiger partial charge in [-0.3, -0.25) is 10.3 Å². The van der Waals surface area contributed by atoms with E-state index in [1.54, 1.807) is 13.2 Å². The normalized spacial score (nSPS) is 15.9. The van der Waals surface area contributed by atoms with Gasteiger partial charge in [0.25, 0.3) is 0 Å². The van der Waals surface area contributed by atoms with Crippen LogP contribution in [-0.2, 0) is 0 Å². The van der Waals surface area contributed by atoms with Gasteiger partial charge in [0.2, 0.25) is 0 Å². The summed E-state index contributed by atoms with van der Waals surface area (Å²) in [5.41, 5.74) is 5.65. The van der Waals surface area contributed by atoms with E-state index in [0.717, 1.165) is 35.7 Å². The zero-order valence-electron chi connectivity index (χ0n) is 18.0. The summed E-state index contributed by atoms with van der Waals surface area (Å²) in [6, 6.07) is 9.03. The highest BCUT2D eigenvalue weighted by atomic mass is 32.1. The van der Waals surface area contributed by atoms with Crippen LogP contribution in [0.15, 0.2) is 35.4 Å². The molecule has 2 aromatic carbocycles. The van der Waals surface area contributed by atoms with Crippen molar-refractivity contribution in [2.45, 2.75) is 38.6 Å². The average Bonchev–Trinajstić information content (AvgIpc) is 3.08. The number of phenols is 2. The summed E-state index contributed by atoms with van der Waals surface area (Å²) < 4.78 is 5.55. The van der Waals surface area contributed by atoms with Crippen molar-refractivity contribution in [3.05, 3.63) is 41.5 Å². The topological polar surface area (TPSA) is 80.6 Å². The Morgan fingerprint density at radius 3 is 2.60 bits per heavy atom. The molecule has 0 saturated carbocycles. The van der Waals surface area contributed by atoms with Crippen LogP contribution in [0.5, 0.6) is 17.2 Å². The Labute approximate surface area is 183 Å². The van der Waals surface area contributed by atoms with Crippen molar-refractivity contribution in [3.63, 3.8) is 0 Å². The largest absolute Gasteiger partial charge is 0.508 e. The van der Waals surface area contributed by atoms with Crippen LogP contribution in [0.2, 0.25) is 0 Å². The minimum Gasteiger partial charge on any atom is -0.508 e. The van der Waals surface area contributed by atoms with Gasteiger partial charge in [0.1, 0.15) is 17.2 Å². The van der Waals surface area contributed by atoms with Gasteiger partial charge in [0, 0.05) is 25.3 Å². The highest BCUT2D eigenvalue weighted by Crippen LogP contribution is 2.38. The maximum absolute atomic E-state index is 10.6. The Balaban J connectivity index is 2.07. The molecule has 3 N–H and O–H groups in total. The highest BCUT2D eigenvalue weighted by Gasteiger charge is 2.31. The molecular weight excluding hydrogens is 400 g/mol. The number of ether oxygens (including phenoxy) is 1. The molecule has 3 rings (SSSR count). The number of nitrogens with one attached hydrogen (secondary N) is 1. The minimum atomic E-state index is -0.409. The second-order valence-corrected chi connectivity index (χ2v) is 8.16. The van der Waals surface area contributed by atoms with Gasteiger partial charge >= 0.3 is 0 Å². The number of aromatic hydroxyl groups is 2. The first-order valence-corrected chi connectivity index (χ1v) is 10.6. The molecule has 0 aromatic heterocycles. The second-order valence-electron chi connectivity index (χ2n) is 7.67. The van der Waals surface area contributed by atoms with Crippen molar-refractivity contribution >= 4 is 29.8 Å². The molecule has 1 heterocycles. The van der Waals surface area contributed by atoms with Crippen LogP contribution in [0.25, 0.3) is 0 Å². The molecule has 1 aliphatic heterocycles. The molecule has 0 amide bonds. The van der Waals surface area contributed by atoms with Crippen LogP contribution in [0, 0.1) is 0 Å². The zero-order chi connectivity index (χ0) is 22.0. The molecule has 1 atom stereocenters. The SMILES string of the molecule is CCCN(C)c1cc(N2C(c3cc(C(C)C)c(O)cc3O)=NNC2S)ccc1OC. The number of anilines is 2. The fraction of sp³-hybridized carbons (Fsp3) is 0.409. The lowest BCUT2D eigenvalue weighted by Gasteiger charge is -2.28. The van der Waals surface area contributed by atoms with Crippen molar-refractivity contribution in [2.75, 3.05) is 30.5 Å². The average molecular weight is 431 g/mol. The predicted molar refractivity (Wildman–Crippen MR) is 125 cm³/mol. The fourth-order valence-electron chi connectivity index (χ4n) is 3.62. The van der Waals surface area contributed by atoms with Crippen LogP contribution in [-0.4, -0.2) is 42.2 Å². The number of amidine groups is 1. The number of hydrogen-bond donors (Lipinski definition) is 4. The second kappa shape index (κ2) is 8.95. The number of nitrogens with zero attached hydrogens (tertiary/aromatic N) is 3. The van der Waals surface area contributed by atoms with Gasteiger partial charge in [-0.1, -0.05) is 20.8 Å². The van der Waals surface area contributed by atoms with Crippen molar-refractivity contribution in [2.24, 2.45) is 5.10 Å². The smallest absolute Gasteiger partial charge is 0.166 e. The maximum atomic E-state index is 10.6. The lowest BCUT2D eigenvalue weighted by Crippen LogP contribution is -2.37. The third kappa shape index (κ3) is 4.09. The number of phenolic OH excluding ortho intramolecular Hbond substituents is 2. The number of methoxy groups -OCH3 is 1. The fourth-order valence-corrected chi connectivity index (χ4v) is 3.92. The summed E-state index contributed by atoms with van der Waals surface area (Å²) in [5, 5.41) is 25.2. The first kappa shape index (κ1) is 22.0. The Morgan fingerprint density at radius 1 is 1.23 bits per heavy atom. The van der Waals surface area contributed by atoms with Gasteiger partial charge in [0.05, 0.1) is 18.4 Å². The molecule has 7 nitrogen and oxygen atoms in total. The molecule has 0 radical (unpaired) electrons. The molecule has 2 aromatic rings. The van der Waals surface area contributed by atoms with Crippen LogP contribution >= 0.6 is 12.6 Å². The third-order valence-electron chi connectivity index (χ3n) is 5.18. The lowest BCUT2D eigenvalue weighted by molar-refractivity contribution is 0.415. The molecule has 0 fully saturated rings. The van der Waals surface area contributed by atoms with E-state index in [2.05, 4.69) is 35.0 Å². The number of thiol groups is 1. The van der Waals surface area contributed by atoms with Crippen LogP contribution in [0.3, 0.4) is 0 Å². The Hall–Kier alpha value is -2.74. The van der Waals surface area contributed by atoms with E-state index in [0.29, 0.717) is 11.4 Å². The number of hydrogen-bond acceptors (Lipinski definition) is 8. The summed E-state index contributed by atoms with van der Waals surface area (Å²) in [6.07, 6.45) is 1.01. The van der Waals surface area contributed by atoms with Gasteiger partial charge < -0.3 is 19.8 Å². The Bertz CT molecular complexity index is 948. The summed E-state index contributed by atoms with van der Waals surface area (Å²) >= 11 is 4.63. The minimum absolute atomic E-state index is 0.0401. The molecule has 162 valence electrons. The molecule has 8 heteroatoms. The van der Waals surface area contributed by atoms with Gasteiger partial charge in [-0.05, 0) is 42.2 Å². The third-order valence-corrected chi connectivity index (χ3v) is 5.52. The lowest BCUT2D eigenvalue weighted by atomic mass is 9.98. The Kier molecular flexibility index (Phi) is 6.55. The first-order valence-electron chi connectivity index (χ1n) is 10.0. The van der Waals surface area contributed by atoms with E-state index >= 15 is 0 Å². The van der Waals surface area contributed by atoms with Gasteiger partial charge in [0.15, 0.2) is 11.3 Å². The van der Waals surface area contributed by atoms with E-state index in [4.69, 9.17) is 4.74 Å². The summed E-state index contributed by atoms with van der Waals surface area (Å²) in [4.78, 5) is 4.05. The van der Waals surface area contributed by atoms with E-state index < -0.39 is 5.50 Å². The molecule has 1 unspecified atom stereocenters. The quantitative estimate of drug-likeness (QED) is 0.496. The number of benzene rings is 2. The molecule has 30 heavy (non-hydrogen) atoms. The molecule has 0 saturated heterocycles. The van der Waals surface area contributed by atoms with Crippen molar-refractivity contribution in [1.82, 2.24) is 5.43 Å². The van der Waals surface area contributed by atoms with Crippen molar-refractivity contribution < 1.29 is 14.9 Å². The van der Waals surface area contributed by atoms with Crippen molar-refractivity contribution in [1.29, 1.82) is 0 Å². The summed E-state index contributed by atoms with van der Waals surface area (Å²) in [5.74, 6) is 1.44. The number of hydrazone groups is 1.